The molecule has 29 heteroatoms. The summed E-state index contributed by atoms with van der Waals surface area (Å²) >= 11 is 0. The predicted molar refractivity (Wildman–Crippen MR) is 297 cm³/mol. The van der Waals surface area contributed by atoms with Crippen LogP contribution in [0, 0.1) is 25.5 Å². The molecule has 6 aromatic heterocycles. The number of ether oxygens (including phenoxy) is 3. The Labute approximate surface area is 507 Å². The van der Waals surface area contributed by atoms with Crippen LogP contribution in [0.15, 0.2) is 116 Å². The van der Waals surface area contributed by atoms with Gasteiger partial charge in [-0.1, -0.05) is 24.3 Å². The van der Waals surface area contributed by atoms with Crippen molar-refractivity contribution in [2.45, 2.75) is 93.2 Å². The quantitative estimate of drug-likeness (QED) is 0.0890. The lowest BCUT2D eigenvalue weighted by molar-refractivity contribution is -0.138. The molecule has 0 spiro atoms. The van der Waals surface area contributed by atoms with Gasteiger partial charge >= 0.3 is 18.5 Å². The van der Waals surface area contributed by atoms with E-state index in [2.05, 4.69) is 35.6 Å². The van der Waals surface area contributed by atoms with Crippen molar-refractivity contribution >= 4 is 46.0 Å². The lowest BCUT2D eigenvalue weighted by Gasteiger charge is -2.42. The van der Waals surface area contributed by atoms with Crippen LogP contribution in [-0.2, 0) is 58.7 Å². The summed E-state index contributed by atoms with van der Waals surface area (Å²) in [7, 11) is 0. The van der Waals surface area contributed by atoms with Crippen LogP contribution in [0.2, 0.25) is 0 Å². The first kappa shape index (κ1) is 63.4. The number of ketones is 4. The van der Waals surface area contributed by atoms with E-state index in [-0.39, 0.29) is 85.9 Å². The second kappa shape index (κ2) is 24.2. The molecule has 1 aliphatic carbocycles. The SMILES string of the molecule is Cc1cnc2c(C(=O)CC3(c4ccc(C(F)(F)F)cc4F)CCOCC3=O)cnn2c1.Cc1cnc2c(C(=O)NC3(c4ccc(C(F)(F)F)cc4)COC3)cnn2c1.O=C(CC1(c2ccc(C(F)(F)F)cc2F)CCOCC1=O)c1cnn2cc(C3CC3)cnc12. The van der Waals surface area contributed by atoms with E-state index in [0.717, 1.165) is 59.9 Å². The molecule has 9 aromatic rings. The number of alkyl halides is 9. The van der Waals surface area contributed by atoms with Gasteiger partial charge < -0.3 is 19.5 Å². The first-order valence-electron chi connectivity index (χ1n) is 28.1. The maximum atomic E-state index is 14.9. The fourth-order valence-electron chi connectivity index (χ4n) is 11.3. The molecule has 2 unspecified atom stereocenters. The van der Waals surface area contributed by atoms with Crippen molar-refractivity contribution in [1.29, 1.82) is 0 Å². The van der Waals surface area contributed by atoms with E-state index in [4.69, 9.17) is 14.2 Å². The van der Waals surface area contributed by atoms with E-state index in [1.165, 1.54) is 44.3 Å². The van der Waals surface area contributed by atoms with Gasteiger partial charge in [-0.25, -0.2) is 37.3 Å². The van der Waals surface area contributed by atoms with Gasteiger partial charge in [-0.3, -0.25) is 24.0 Å². The summed E-state index contributed by atoms with van der Waals surface area (Å²) in [6, 6.07) is 8.77. The zero-order valence-corrected chi connectivity index (χ0v) is 48.0. The number of rotatable bonds is 12. The second-order valence-electron chi connectivity index (χ2n) is 22.7. The molecule has 13 rings (SSSR count). The Morgan fingerprint density at radius 3 is 1.37 bits per heavy atom. The highest BCUT2D eigenvalue weighted by atomic mass is 19.4. The fourth-order valence-corrected chi connectivity index (χ4v) is 11.3. The number of nitrogens with one attached hydrogen (secondary N) is 1. The van der Waals surface area contributed by atoms with Crippen molar-refractivity contribution in [2.75, 3.05) is 39.6 Å². The standard InChI is InChI=1S/C23H19F4N3O3.C21H17F4N3O3.C18H15F3N4O2/c24-18-7-15(23(25,26)27)3-4-17(18)22(5-6-33-12-20(22)32)8-19(31)16-10-29-30-11-14(13-1-2-13)9-28-21(16)30;1-12-8-26-19-14(9-27-28(19)10-12)17(29)7-20(4-5-31-11-18(20)30)15-3-2-13(6-16(15)22)21(23,24)25;1-11-6-22-15-14(7-23-25(15)8-11)16(26)24-17(9-27-10-17)12-2-4-13(5-3-12)18(19,20)21/h3-4,7,9-11,13H,1-2,5-6,8,12H2;2-3,6,8-10H,4-5,7,11H2,1H3;2-8H,9-10H2,1H3,(H,24,26). The van der Waals surface area contributed by atoms with Crippen LogP contribution in [0.3, 0.4) is 0 Å². The van der Waals surface area contributed by atoms with Crippen LogP contribution in [-0.4, -0.2) is 112 Å². The van der Waals surface area contributed by atoms with Crippen molar-refractivity contribution in [3.05, 3.63) is 195 Å². The van der Waals surface area contributed by atoms with Gasteiger partial charge in [0.25, 0.3) is 5.91 Å². The number of amides is 1. The molecule has 0 radical (unpaired) electrons. The molecule has 4 fully saturated rings. The molecule has 2 atom stereocenters. The molecule has 3 aromatic carbocycles. The van der Waals surface area contributed by atoms with Crippen molar-refractivity contribution < 1.29 is 86.5 Å². The molecule has 18 nitrogen and oxygen atoms in total. The first-order valence-corrected chi connectivity index (χ1v) is 28.1. The number of fused-ring (bicyclic) bond motifs is 3. The molecule has 474 valence electrons. The lowest BCUT2D eigenvalue weighted by atomic mass is 9.69. The number of aryl methyl sites for hydroxylation is 2. The third-order valence-electron chi connectivity index (χ3n) is 16.5. The van der Waals surface area contributed by atoms with E-state index < -0.39 is 105 Å². The number of benzene rings is 3. The Morgan fingerprint density at radius 2 is 0.967 bits per heavy atom. The molecule has 3 aliphatic heterocycles. The number of aromatic nitrogens is 9. The smallest absolute Gasteiger partial charge is 0.376 e. The molecule has 91 heavy (non-hydrogen) atoms. The van der Waals surface area contributed by atoms with E-state index >= 15 is 0 Å². The fraction of sp³-hybridized carbons (Fsp3) is 0.339. The number of nitrogens with zero attached hydrogens (tertiary/aromatic N) is 9. The van der Waals surface area contributed by atoms with Crippen LogP contribution in [0.25, 0.3) is 16.9 Å². The normalized spacial score (nSPS) is 19.3. The lowest BCUT2D eigenvalue weighted by Crippen LogP contribution is -2.59. The number of carbonyl (C=O) groups excluding carboxylic acids is 5. The van der Waals surface area contributed by atoms with Gasteiger partial charge in [0.1, 0.15) is 36.0 Å². The van der Waals surface area contributed by atoms with Crippen LogP contribution < -0.4 is 5.32 Å². The summed E-state index contributed by atoms with van der Waals surface area (Å²) in [6.45, 7) is 3.43. The molecular weight excluding hydrogens is 1220 g/mol. The molecule has 4 aliphatic rings. The minimum absolute atomic E-state index is 0.0294. The highest BCUT2D eigenvalue weighted by molar-refractivity contribution is 6.07. The minimum atomic E-state index is -4.73. The van der Waals surface area contributed by atoms with Crippen molar-refractivity contribution in [3.63, 3.8) is 0 Å². The number of Topliss-reactive ketones (excluding diaryl/α,β-unsaturated/α-hetero) is 4. The first-order chi connectivity index (χ1) is 43.1. The molecule has 1 saturated carbocycles. The summed E-state index contributed by atoms with van der Waals surface area (Å²) in [5.41, 5.74) is -2.83. The van der Waals surface area contributed by atoms with Crippen molar-refractivity contribution in [1.82, 2.24) is 49.1 Å². The number of hydrogen-bond donors (Lipinski definition) is 1. The van der Waals surface area contributed by atoms with Gasteiger partial charge in [0.05, 0.1) is 70.5 Å². The molecule has 1 amide bonds. The summed E-state index contributed by atoms with van der Waals surface area (Å²) in [6.07, 6.45) is 1.52. The average molecular weight is 1270 g/mol. The van der Waals surface area contributed by atoms with Crippen molar-refractivity contribution in [3.8, 4) is 0 Å². The Balaban J connectivity index is 0.000000141. The topological polar surface area (TPSA) is 216 Å². The number of halogens is 11. The Morgan fingerprint density at radius 1 is 0.549 bits per heavy atom. The van der Waals surface area contributed by atoms with Gasteiger partial charge in [-0.2, -0.15) is 54.8 Å². The highest BCUT2D eigenvalue weighted by Gasteiger charge is 2.49. The van der Waals surface area contributed by atoms with Gasteiger partial charge in [-0.15, -0.1) is 0 Å². The Hall–Kier alpha value is -9.22. The summed E-state index contributed by atoms with van der Waals surface area (Å²) < 4.78 is 166. The summed E-state index contributed by atoms with van der Waals surface area (Å²) in [4.78, 5) is 77.8. The second-order valence-corrected chi connectivity index (χ2v) is 22.7. The molecule has 0 bridgehead atoms. The van der Waals surface area contributed by atoms with E-state index in [1.54, 1.807) is 37.9 Å². The Kier molecular flexibility index (Phi) is 16.8. The summed E-state index contributed by atoms with van der Waals surface area (Å²) in [5, 5.41) is 15.3. The average Bonchev–Trinajstić information content (AvgIpc) is 0.915. The molecular formula is C62H51F11N10O8. The van der Waals surface area contributed by atoms with Crippen LogP contribution in [0.4, 0.5) is 48.3 Å². The maximum absolute atomic E-state index is 14.9. The number of carbonyl (C=O) groups is 5. The minimum Gasteiger partial charge on any atom is -0.376 e. The maximum Gasteiger partial charge on any atom is 0.416 e. The van der Waals surface area contributed by atoms with Gasteiger partial charge in [0.15, 0.2) is 40.1 Å². The highest BCUT2D eigenvalue weighted by Crippen LogP contribution is 2.44. The largest absolute Gasteiger partial charge is 0.416 e. The molecule has 9 heterocycles. The third kappa shape index (κ3) is 12.7. The van der Waals surface area contributed by atoms with Gasteiger partial charge in [0.2, 0.25) is 0 Å². The van der Waals surface area contributed by atoms with Gasteiger partial charge in [-0.05, 0) is 104 Å². The third-order valence-corrected chi connectivity index (χ3v) is 16.5. The van der Waals surface area contributed by atoms with Crippen LogP contribution >= 0.6 is 0 Å². The Bertz CT molecular complexity index is 4330. The molecule has 3 saturated heterocycles. The number of hydrogen-bond acceptors (Lipinski definition) is 14. The van der Waals surface area contributed by atoms with Gasteiger partial charge in [0, 0.05) is 74.4 Å². The summed E-state index contributed by atoms with van der Waals surface area (Å²) in [5.74, 6) is -4.47. The monoisotopic (exact) mass is 1270 g/mol. The molecule has 1 N–H and O–H groups in total. The van der Waals surface area contributed by atoms with E-state index in [0.29, 0.717) is 41.0 Å². The van der Waals surface area contributed by atoms with E-state index in [1.807, 2.05) is 13.1 Å². The van der Waals surface area contributed by atoms with E-state index in [9.17, 15) is 72.3 Å². The zero-order valence-electron chi connectivity index (χ0n) is 48.0. The predicted octanol–water partition coefficient (Wildman–Crippen LogP) is 10.7. The zero-order chi connectivity index (χ0) is 65.0. The van der Waals surface area contributed by atoms with Crippen LogP contribution in [0.5, 0.6) is 0 Å². The van der Waals surface area contributed by atoms with Crippen LogP contribution in [0.1, 0.15) is 126 Å². The van der Waals surface area contributed by atoms with Crippen molar-refractivity contribution in [2.24, 2.45) is 0 Å².